The molecule has 2 aliphatic heterocycles. The first kappa shape index (κ1) is 19.5. The van der Waals surface area contributed by atoms with Gasteiger partial charge in [-0.2, -0.15) is 0 Å². The third-order valence-electron chi connectivity index (χ3n) is 5.85. The van der Waals surface area contributed by atoms with Crippen LogP contribution in [0.15, 0.2) is 36.7 Å². The van der Waals surface area contributed by atoms with Gasteiger partial charge in [0, 0.05) is 49.9 Å². The molecule has 0 spiro atoms. The molecule has 0 saturated carbocycles. The second kappa shape index (κ2) is 9.11. The lowest BCUT2D eigenvalue weighted by molar-refractivity contribution is -0.120. The van der Waals surface area contributed by atoms with Crippen LogP contribution in [-0.2, 0) is 4.79 Å². The van der Waals surface area contributed by atoms with E-state index in [0.717, 1.165) is 62.1 Å². The molecule has 2 aromatic rings. The van der Waals surface area contributed by atoms with Gasteiger partial charge in [-0.25, -0.2) is 9.97 Å². The highest BCUT2D eigenvalue weighted by Crippen LogP contribution is 2.26. The van der Waals surface area contributed by atoms with Crippen LogP contribution in [0.2, 0.25) is 0 Å². The van der Waals surface area contributed by atoms with Crippen molar-refractivity contribution in [1.82, 2.24) is 9.97 Å². The molecule has 0 atom stereocenters. The fourth-order valence-electron chi connectivity index (χ4n) is 4.12. The van der Waals surface area contributed by atoms with Gasteiger partial charge in [-0.05, 0) is 44.2 Å². The Morgan fingerprint density at radius 2 is 1.69 bits per heavy atom. The molecule has 4 rings (SSSR count). The summed E-state index contributed by atoms with van der Waals surface area (Å²) in [4.78, 5) is 26.3. The smallest absolute Gasteiger partial charge is 0.227 e. The van der Waals surface area contributed by atoms with Gasteiger partial charge in [-0.15, -0.1) is 0 Å². The fourth-order valence-corrected chi connectivity index (χ4v) is 4.12. The summed E-state index contributed by atoms with van der Waals surface area (Å²) >= 11 is 0. The second-order valence-corrected chi connectivity index (χ2v) is 7.76. The standard InChI is InChI=1S/C22H29N5O2/c1-29-19-7-5-6-18(14-19)25-22(28)17-8-12-27(13-9-17)21-15-20(23-16-24-21)26-10-3-2-4-11-26/h5-7,14-17H,2-4,8-13H2,1H3,(H,25,28). The molecule has 154 valence electrons. The van der Waals surface area contributed by atoms with Gasteiger partial charge in [0.05, 0.1) is 7.11 Å². The summed E-state index contributed by atoms with van der Waals surface area (Å²) in [5.74, 6) is 2.82. The monoisotopic (exact) mass is 395 g/mol. The van der Waals surface area contributed by atoms with Crippen molar-refractivity contribution in [1.29, 1.82) is 0 Å². The molecule has 0 bridgehead atoms. The molecule has 1 N–H and O–H groups in total. The summed E-state index contributed by atoms with van der Waals surface area (Å²) < 4.78 is 5.22. The Labute approximate surface area is 172 Å². The molecule has 2 aliphatic rings. The molecular weight excluding hydrogens is 366 g/mol. The van der Waals surface area contributed by atoms with E-state index < -0.39 is 0 Å². The Kier molecular flexibility index (Phi) is 6.12. The Morgan fingerprint density at radius 3 is 2.38 bits per heavy atom. The molecule has 29 heavy (non-hydrogen) atoms. The van der Waals surface area contributed by atoms with Gasteiger partial charge in [0.15, 0.2) is 0 Å². The number of anilines is 3. The lowest BCUT2D eigenvalue weighted by Crippen LogP contribution is -2.39. The highest BCUT2D eigenvalue weighted by molar-refractivity contribution is 5.92. The van der Waals surface area contributed by atoms with Gasteiger partial charge in [0.2, 0.25) is 5.91 Å². The zero-order chi connectivity index (χ0) is 20.1. The van der Waals surface area contributed by atoms with Crippen molar-refractivity contribution < 1.29 is 9.53 Å². The van der Waals surface area contributed by atoms with Crippen LogP contribution in [0.3, 0.4) is 0 Å². The topological polar surface area (TPSA) is 70.6 Å². The summed E-state index contributed by atoms with van der Waals surface area (Å²) in [6.45, 7) is 3.80. The van der Waals surface area contributed by atoms with Gasteiger partial charge in [-0.3, -0.25) is 4.79 Å². The largest absolute Gasteiger partial charge is 0.497 e. The van der Waals surface area contributed by atoms with E-state index in [9.17, 15) is 4.79 Å². The van der Waals surface area contributed by atoms with Crippen molar-refractivity contribution in [3.05, 3.63) is 36.7 Å². The van der Waals surface area contributed by atoms with Crippen molar-refractivity contribution in [2.24, 2.45) is 5.92 Å². The minimum atomic E-state index is 0.0147. The maximum absolute atomic E-state index is 12.7. The van der Waals surface area contributed by atoms with Crippen molar-refractivity contribution in [3.8, 4) is 5.75 Å². The lowest BCUT2D eigenvalue weighted by atomic mass is 9.95. The van der Waals surface area contributed by atoms with Crippen LogP contribution in [0.1, 0.15) is 32.1 Å². The molecule has 0 aliphatic carbocycles. The number of ether oxygens (including phenoxy) is 1. The summed E-state index contributed by atoms with van der Waals surface area (Å²) in [6, 6.07) is 9.58. The SMILES string of the molecule is COc1cccc(NC(=O)C2CCN(c3cc(N4CCCCC4)ncn3)CC2)c1. The van der Waals surface area contributed by atoms with Crippen LogP contribution in [0.25, 0.3) is 0 Å². The van der Waals surface area contributed by atoms with E-state index in [0.29, 0.717) is 0 Å². The number of nitrogens with one attached hydrogen (secondary N) is 1. The minimum Gasteiger partial charge on any atom is -0.497 e. The molecule has 2 fully saturated rings. The van der Waals surface area contributed by atoms with Crippen LogP contribution >= 0.6 is 0 Å². The van der Waals surface area contributed by atoms with Crippen LogP contribution in [0.4, 0.5) is 17.3 Å². The number of nitrogens with zero attached hydrogens (tertiary/aromatic N) is 4. The first-order valence-electron chi connectivity index (χ1n) is 10.5. The average molecular weight is 396 g/mol. The molecule has 0 radical (unpaired) electrons. The van der Waals surface area contributed by atoms with Crippen molar-refractivity contribution in [2.75, 3.05) is 48.4 Å². The average Bonchev–Trinajstić information content (AvgIpc) is 2.80. The minimum absolute atomic E-state index is 0.0147. The highest BCUT2D eigenvalue weighted by Gasteiger charge is 2.26. The van der Waals surface area contributed by atoms with Crippen molar-refractivity contribution in [3.63, 3.8) is 0 Å². The number of benzene rings is 1. The van der Waals surface area contributed by atoms with Crippen LogP contribution in [0, 0.1) is 5.92 Å². The van der Waals surface area contributed by atoms with Gasteiger partial charge in [0.25, 0.3) is 0 Å². The van der Waals surface area contributed by atoms with Gasteiger partial charge in [0.1, 0.15) is 23.7 Å². The van der Waals surface area contributed by atoms with Crippen molar-refractivity contribution in [2.45, 2.75) is 32.1 Å². The third kappa shape index (κ3) is 4.78. The maximum atomic E-state index is 12.7. The van der Waals surface area contributed by atoms with Crippen LogP contribution < -0.4 is 19.9 Å². The summed E-state index contributed by atoms with van der Waals surface area (Å²) in [6.07, 6.45) is 7.07. The second-order valence-electron chi connectivity index (χ2n) is 7.76. The van der Waals surface area contributed by atoms with E-state index in [2.05, 4.69) is 31.2 Å². The number of piperidine rings is 2. The lowest BCUT2D eigenvalue weighted by Gasteiger charge is -2.33. The van der Waals surface area contributed by atoms with Gasteiger partial charge in [-0.1, -0.05) is 6.07 Å². The molecule has 0 unspecified atom stereocenters. The number of carbonyl (C=O) groups is 1. The molecule has 2 saturated heterocycles. The van der Waals surface area contributed by atoms with E-state index in [4.69, 9.17) is 4.74 Å². The number of hydrogen-bond donors (Lipinski definition) is 1. The van der Waals surface area contributed by atoms with Crippen molar-refractivity contribution >= 4 is 23.2 Å². The number of amides is 1. The predicted octanol–water partition coefficient (Wildman–Crippen LogP) is 3.33. The molecule has 1 aromatic heterocycles. The number of rotatable bonds is 5. The highest BCUT2D eigenvalue weighted by atomic mass is 16.5. The Bertz CT molecular complexity index is 829. The Hall–Kier alpha value is -2.83. The fraction of sp³-hybridized carbons (Fsp3) is 0.500. The molecule has 7 nitrogen and oxygen atoms in total. The predicted molar refractivity (Wildman–Crippen MR) is 115 cm³/mol. The molecular formula is C22H29N5O2. The van der Waals surface area contributed by atoms with E-state index in [1.165, 1.54) is 19.3 Å². The van der Waals surface area contributed by atoms with Gasteiger partial charge >= 0.3 is 0 Å². The van der Waals surface area contributed by atoms with Crippen LogP contribution in [-0.4, -0.2) is 49.2 Å². The zero-order valence-corrected chi connectivity index (χ0v) is 17.0. The number of methoxy groups -OCH3 is 1. The number of aromatic nitrogens is 2. The molecule has 1 aromatic carbocycles. The molecule has 1 amide bonds. The summed E-state index contributed by atoms with van der Waals surface area (Å²) in [5.41, 5.74) is 0.777. The molecule has 7 heteroatoms. The summed E-state index contributed by atoms with van der Waals surface area (Å²) in [7, 11) is 1.63. The van der Waals surface area contributed by atoms with E-state index in [1.54, 1.807) is 13.4 Å². The van der Waals surface area contributed by atoms with Crippen LogP contribution in [0.5, 0.6) is 5.75 Å². The Balaban J connectivity index is 1.33. The number of hydrogen-bond acceptors (Lipinski definition) is 6. The van der Waals surface area contributed by atoms with E-state index in [-0.39, 0.29) is 11.8 Å². The first-order valence-corrected chi connectivity index (χ1v) is 10.5. The van der Waals surface area contributed by atoms with Gasteiger partial charge < -0.3 is 19.9 Å². The number of carbonyl (C=O) groups excluding carboxylic acids is 1. The van der Waals surface area contributed by atoms with E-state index >= 15 is 0 Å². The molecule has 3 heterocycles. The first-order chi connectivity index (χ1) is 14.2. The maximum Gasteiger partial charge on any atom is 0.227 e. The quantitative estimate of drug-likeness (QED) is 0.837. The Morgan fingerprint density at radius 1 is 1.00 bits per heavy atom. The zero-order valence-electron chi connectivity index (χ0n) is 17.0. The van der Waals surface area contributed by atoms with E-state index in [1.807, 2.05) is 24.3 Å². The third-order valence-corrected chi connectivity index (χ3v) is 5.85. The summed E-state index contributed by atoms with van der Waals surface area (Å²) in [5, 5.41) is 3.02. The normalized spacial score (nSPS) is 17.8.